The Morgan fingerprint density at radius 3 is 2.76 bits per heavy atom. The number of benzene rings is 1. The lowest BCUT2D eigenvalue weighted by molar-refractivity contribution is -0.137. The Bertz CT molecular complexity index is 401. The predicted octanol–water partition coefficient (Wildman–Crippen LogP) is 1.87. The first-order valence-electron chi connectivity index (χ1n) is 4.89. The molecule has 0 saturated carbocycles. The van der Waals surface area contributed by atoms with Crippen LogP contribution in [0.15, 0.2) is 18.2 Å². The molecule has 1 aromatic rings. The number of carbonyl (C=O) groups excluding carboxylic acids is 1. The van der Waals surface area contributed by atoms with Gasteiger partial charge in [0.15, 0.2) is 11.6 Å². The lowest BCUT2D eigenvalue weighted by Gasteiger charge is -2.11. The smallest absolute Gasteiger partial charge is 0.315 e. The molecule has 3 nitrogen and oxygen atoms in total. The van der Waals surface area contributed by atoms with Crippen LogP contribution >= 0.6 is 11.8 Å². The highest BCUT2D eigenvalue weighted by Gasteiger charge is 2.10. The summed E-state index contributed by atoms with van der Waals surface area (Å²) in [6.07, 6.45) is 0. The van der Waals surface area contributed by atoms with Gasteiger partial charge in [0, 0.05) is 11.8 Å². The molecule has 1 atom stereocenters. The number of methoxy groups -OCH3 is 1. The van der Waals surface area contributed by atoms with Crippen LogP contribution in [0.2, 0.25) is 0 Å². The maximum Gasteiger partial charge on any atom is 0.315 e. The van der Waals surface area contributed by atoms with Gasteiger partial charge in [0.1, 0.15) is 0 Å². The number of ether oxygens (including phenoxy) is 1. The van der Waals surface area contributed by atoms with Crippen molar-refractivity contribution in [3.8, 4) is 0 Å². The van der Waals surface area contributed by atoms with Crippen LogP contribution in [-0.4, -0.2) is 24.6 Å². The van der Waals surface area contributed by atoms with E-state index in [9.17, 15) is 13.6 Å². The minimum Gasteiger partial charge on any atom is -0.468 e. The normalized spacial score (nSPS) is 12.2. The fraction of sp³-hybridized carbons (Fsp3) is 0.364. The van der Waals surface area contributed by atoms with Crippen molar-refractivity contribution in [1.29, 1.82) is 0 Å². The number of hydrogen-bond acceptors (Lipinski definition) is 4. The van der Waals surface area contributed by atoms with Gasteiger partial charge in [0.05, 0.1) is 12.9 Å². The summed E-state index contributed by atoms with van der Waals surface area (Å²) in [5, 5.41) is 0. The van der Waals surface area contributed by atoms with Gasteiger partial charge in [-0.1, -0.05) is 6.07 Å². The third-order valence-electron chi connectivity index (χ3n) is 2.12. The molecule has 0 aliphatic heterocycles. The van der Waals surface area contributed by atoms with Gasteiger partial charge < -0.3 is 10.5 Å². The number of hydrogen-bond donors (Lipinski definition) is 1. The standard InChI is InChI=1S/C11H13F2NO2S/c1-16-11(15)6-17-5-10(14)7-2-3-8(12)9(13)4-7/h2-4,10H,5-6,14H2,1H3. The van der Waals surface area contributed by atoms with Gasteiger partial charge in [-0.05, 0) is 17.7 Å². The van der Waals surface area contributed by atoms with Crippen molar-refractivity contribution in [2.75, 3.05) is 18.6 Å². The zero-order valence-corrected chi connectivity index (χ0v) is 10.1. The number of halogens is 2. The monoisotopic (exact) mass is 261 g/mol. The molecule has 17 heavy (non-hydrogen) atoms. The van der Waals surface area contributed by atoms with Crippen molar-refractivity contribution < 1.29 is 18.3 Å². The minimum absolute atomic E-state index is 0.188. The van der Waals surface area contributed by atoms with Crippen molar-refractivity contribution in [3.05, 3.63) is 35.4 Å². The molecule has 0 radical (unpaired) electrons. The summed E-state index contributed by atoms with van der Waals surface area (Å²) in [6.45, 7) is 0. The van der Waals surface area contributed by atoms with Crippen LogP contribution in [0.4, 0.5) is 8.78 Å². The van der Waals surface area contributed by atoms with Gasteiger partial charge in [-0.2, -0.15) is 0 Å². The molecule has 0 fully saturated rings. The zero-order valence-electron chi connectivity index (χ0n) is 9.28. The van der Waals surface area contributed by atoms with Crippen LogP contribution in [-0.2, 0) is 9.53 Å². The summed E-state index contributed by atoms with van der Waals surface area (Å²) in [4.78, 5) is 10.8. The first-order chi connectivity index (χ1) is 8.04. The number of thioether (sulfide) groups is 1. The number of esters is 1. The molecule has 1 rings (SSSR count). The molecule has 0 heterocycles. The summed E-state index contributed by atoms with van der Waals surface area (Å²) in [5.74, 6) is -1.54. The van der Waals surface area contributed by atoms with Crippen molar-refractivity contribution in [2.24, 2.45) is 5.73 Å². The highest BCUT2D eigenvalue weighted by molar-refractivity contribution is 7.99. The van der Waals surface area contributed by atoms with Crippen LogP contribution in [0.25, 0.3) is 0 Å². The van der Waals surface area contributed by atoms with Crippen molar-refractivity contribution in [3.63, 3.8) is 0 Å². The molecule has 1 unspecified atom stereocenters. The molecular weight excluding hydrogens is 248 g/mol. The van der Waals surface area contributed by atoms with E-state index in [1.807, 2.05) is 0 Å². The van der Waals surface area contributed by atoms with Crippen LogP contribution in [0, 0.1) is 11.6 Å². The van der Waals surface area contributed by atoms with Crippen molar-refractivity contribution in [2.45, 2.75) is 6.04 Å². The molecule has 2 N–H and O–H groups in total. The van der Waals surface area contributed by atoms with E-state index in [-0.39, 0.29) is 11.7 Å². The molecule has 0 spiro atoms. The van der Waals surface area contributed by atoms with Crippen LogP contribution < -0.4 is 5.73 Å². The minimum atomic E-state index is -0.920. The Morgan fingerprint density at radius 2 is 2.18 bits per heavy atom. The summed E-state index contributed by atoms with van der Waals surface area (Å²) in [5.41, 5.74) is 6.28. The molecule has 0 amide bonds. The molecule has 1 aromatic carbocycles. The summed E-state index contributed by atoms with van der Waals surface area (Å²) >= 11 is 1.28. The zero-order chi connectivity index (χ0) is 12.8. The fourth-order valence-electron chi connectivity index (χ4n) is 1.17. The first kappa shape index (κ1) is 13.9. The Balaban J connectivity index is 2.49. The van der Waals surface area contributed by atoms with E-state index in [0.29, 0.717) is 11.3 Å². The number of carbonyl (C=O) groups is 1. The van der Waals surface area contributed by atoms with Gasteiger partial charge in [-0.25, -0.2) is 8.78 Å². The van der Waals surface area contributed by atoms with E-state index in [1.165, 1.54) is 24.9 Å². The van der Waals surface area contributed by atoms with Gasteiger partial charge >= 0.3 is 5.97 Å². The molecule has 0 saturated heterocycles. The molecule has 0 bridgehead atoms. The first-order valence-corrected chi connectivity index (χ1v) is 6.05. The van der Waals surface area contributed by atoms with Crippen molar-refractivity contribution in [1.82, 2.24) is 0 Å². The molecule has 6 heteroatoms. The van der Waals surface area contributed by atoms with Crippen LogP contribution in [0.3, 0.4) is 0 Å². The second-order valence-corrected chi connectivity index (χ2v) is 4.40. The molecule has 94 valence electrons. The average molecular weight is 261 g/mol. The maximum absolute atomic E-state index is 12.9. The van der Waals surface area contributed by atoms with E-state index in [4.69, 9.17) is 5.73 Å². The molecular formula is C11H13F2NO2S. The topological polar surface area (TPSA) is 52.3 Å². The largest absolute Gasteiger partial charge is 0.468 e. The fourth-order valence-corrected chi connectivity index (χ4v) is 2.02. The van der Waals surface area contributed by atoms with Gasteiger partial charge in [0.2, 0.25) is 0 Å². The van der Waals surface area contributed by atoms with Crippen molar-refractivity contribution >= 4 is 17.7 Å². The third kappa shape index (κ3) is 4.32. The van der Waals surface area contributed by atoms with E-state index < -0.39 is 17.7 Å². The van der Waals surface area contributed by atoms with Gasteiger partial charge in [-0.15, -0.1) is 11.8 Å². The Kier molecular flexibility index (Phi) is 5.37. The van der Waals surface area contributed by atoms with E-state index in [0.717, 1.165) is 12.1 Å². The Hall–Kier alpha value is -1.14. The molecule has 0 aliphatic carbocycles. The summed E-state index contributed by atoms with van der Waals surface area (Å²) in [6, 6.07) is 3.09. The lowest BCUT2D eigenvalue weighted by Crippen LogP contribution is -2.15. The van der Waals surface area contributed by atoms with Gasteiger partial charge in [-0.3, -0.25) is 4.79 Å². The Labute approximate surface area is 102 Å². The maximum atomic E-state index is 12.9. The van der Waals surface area contributed by atoms with Crippen LogP contribution in [0.5, 0.6) is 0 Å². The average Bonchev–Trinajstić information content (AvgIpc) is 2.32. The quantitative estimate of drug-likeness (QED) is 0.822. The lowest BCUT2D eigenvalue weighted by atomic mass is 10.1. The third-order valence-corrected chi connectivity index (χ3v) is 3.15. The highest BCUT2D eigenvalue weighted by Crippen LogP contribution is 2.18. The van der Waals surface area contributed by atoms with Crippen LogP contribution in [0.1, 0.15) is 11.6 Å². The summed E-state index contributed by atoms with van der Waals surface area (Å²) < 4.78 is 30.1. The Morgan fingerprint density at radius 1 is 1.47 bits per heavy atom. The van der Waals surface area contributed by atoms with E-state index in [2.05, 4.69) is 4.74 Å². The SMILES string of the molecule is COC(=O)CSCC(N)c1ccc(F)c(F)c1. The molecule has 0 aromatic heterocycles. The second kappa shape index (κ2) is 6.56. The van der Waals surface area contributed by atoms with Gasteiger partial charge in [0.25, 0.3) is 0 Å². The summed E-state index contributed by atoms with van der Waals surface area (Å²) in [7, 11) is 1.30. The van der Waals surface area contributed by atoms with E-state index in [1.54, 1.807) is 0 Å². The predicted molar refractivity (Wildman–Crippen MR) is 62.6 cm³/mol. The highest BCUT2D eigenvalue weighted by atomic mass is 32.2. The van der Waals surface area contributed by atoms with E-state index >= 15 is 0 Å². The number of nitrogens with two attached hydrogens (primary N) is 1. The second-order valence-electron chi connectivity index (χ2n) is 3.37. The number of rotatable bonds is 5. The molecule has 0 aliphatic rings.